The number of benzene rings is 2. The van der Waals surface area contributed by atoms with E-state index in [-0.39, 0.29) is 17.9 Å². The predicted molar refractivity (Wildman–Crippen MR) is 88.9 cm³/mol. The van der Waals surface area contributed by atoms with Crippen LogP contribution in [0.1, 0.15) is 17.0 Å². The van der Waals surface area contributed by atoms with Gasteiger partial charge in [-0.2, -0.15) is 13.2 Å². The van der Waals surface area contributed by atoms with Crippen molar-refractivity contribution in [1.82, 2.24) is 14.9 Å². The van der Waals surface area contributed by atoms with Crippen LogP contribution in [0.25, 0.3) is 11.0 Å². The molecule has 3 rings (SSSR count). The maximum absolute atomic E-state index is 13.1. The number of carbonyl (C=O) groups is 1. The van der Waals surface area contributed by atoms with Crippen LogP contribution in [-0.4, -0.2) is 20.6 Å². The molecule has 0 saturated heterocycles. The standard InChI is InChI=1S/C18H15F4N3O2/c19-12-6-5-11(13(7-12)18(20,21)22)8-23-17(27)9-25-15-4-2-1-3-14(15)24-16(25)10-26/h1-7,26H,8-10H2,(H,23,27). The average molecular weight is 381 g/mol. The van der Waals surface area contributed by atoms with Crippen LogP contribution in [0.4, 0.5) is 17.6 Å². The van der Waals surface area contributed by atoms with Gasteiger partial charge in [-0.05, 0) is 29.8 Å². The highest BCUT2D eigenvalue weighted by molar-refractivity contribution is 5.81. The van der Waals surface area contributed by atoms with Crippen LogP contribution in [-0.2, 0) is 30.7 Å². The molecule has 1 amide bonds. The van der Waals surface area contributed by atoms with Crippen molar-refractivity contribution in [2.24, 2.45) is 0 Å². The van der Waals surface area contributed by atoms with Crippen LogP contribution in [0.5, 0.6) is 0 Å². The number of aliphatic hydroxyl groups excluding tert-OH is 1. The summed E-state index contributed by atoms with van der Waals surface area (Å²) < 4.78 is 53.7. The Balaban J connectivity index is 1.77. The molecule has 2 N–H and O–H groups in total. The van der Waals surface area contributed by atoms with Gasteiger partial charge in [0.2, 0.25) is 5.91 Å². The molecular weight excluding hydrogens is 366 g/mol. The quantitative estimate of drug-likeness (QED) is 0.668. The fourth-order valence-electron chi connectivity index (χ4n) is 2.78. The zero-order valence-electron chi connectivity index (χ0n) is 13.9. The first kappa shape index (κ1) is 18.8. The number of hydrogen-bond acceptors (Lipinski definition) is 3. The number of aromatic nitrogens is 2. The topological polar surface area (TPSA) is 67.2 Å². The summed E-state index contributed by atoms with van der Waals surface area (Å²) in [5, 5.41) is 11.8. The van der Waals surface area contributed by atoms with E-state index in [1.807, 2.05) is 0 Å². The van der Waals surface area contributed by atoms with E-state index in [0.717, 1.165) is 12.1 Å². The smallest absolute Gasteiger partial charge is 0.388 e. The molecule has 0 aliphatic rings. The van der Waals surface area contributed by atoms with Crippen molar-refractivity contribution in [3.63, 3.8) is 0 Å². The van der Waals surface area contributed by atoms with Gasteiger partial charge >= 0.3 is 6.18 Å². The van der Waals surface area contributed by atoms with Gasteiger partial charge in [-0.1, -0.05) is 18.2 Å². The van der Waals surface area contributed by atoms with Crippen molar-refractivity contribution < 1.29 is 27.5 Å². The lowest BCUT2D eigenvalue weighted by molar-refractivity contribution is -0.138. The summed E-state index contributed by atoms with van der Waals surface area (Å²) in [6, 6.07) is 9.23. The van der Waals surface area contributed by atoms with E-state index in [4.69, 9.17) is 0 Å². The second-order valence-corrected chi connectivity index (χ2v) is 5.84. The summed E-state index contributed by atoms with van der Waals surface area (Å²) in [4.78, 5) is 16.4. The third-order valence-corrected chi connectivity index (χ3v) is 4.03. The Bertz CT molecular complexity index is 982. The molecule has 1 aromatic heterocycles. The van der Waals surface area contributed by atoms with Crippen LogP contribution in [0.2, 0.25) is 0 Å². The van der Waals surface area contributed by atoms with Crippen molar-refractivity contribution in [2.45, 2.75) is 25.9 Å². The molecule has 0 unspecified atom stereocenters. The number of nitrogens with one attached hydrogen (secondary N) is 1. The third kappa shape index (κ3) is 4.08. The number of rotatable bonds is 5. The van der Waals surface area contributed by atoms with Gasteiger partial charge in [0.05, 0.1) is 16.6 Å². The zero-order valence-corrected chi connectivity index (χ0v) is 13.9. The summed E-state index contributed by atoms with van der Waals surface area (Å²) in [5.41, 5.74) is -0.163. The highest BCUT2D eigenvalue weighted by Gasteiger charge is 2.33. The van der Waals surface area contributed by atoms with E-state index in [0.29, 0.717) is 17.1 Å². The minimum atomic E-state index is -4.73. The largest absolute Gasteiger partial charge is 0.416 e. The molecule has 0 radical (unpaired) electrons. The fraction of sp³-hybridized carbons (Fsp3) is 0.222. The van der Waals surface area contributed by atoms with Crippen LogP contribution in [0.15, 0.2) is 42.5 Å². The van der Waals surface area contributed by atoms with Gasteiger partial charge in [-0.25, -0.2) is 9.37 Å². The maximum atomic E-state index is 13.1. The van der Waals surface area contributed by atoms with Gasteiger partial charge in [0, 0.05) is 6.54 Å². The Morgan fingerprint density at radius 3 is 2.63 bits per heavy atom. The zero-order chi connectivity index (χ0) is 19.6. The van der Waals surface area contributed by atoms with Crippen LogP contribution < -0.4 is 5.32 Å². The number of para-hydroxylation sites is 2. The van der Waals surface area contributed by atoms with Crippen molar-refractivity contribution in [3.05, 3.63) is 65.2 Å². The minimum Gasteiger partial charge on any atom is -0.388 e. The molecule has 0 saturated carbocycles. The second kappa shape index (κ2) is 7.36. The minimum absolute atomic E-state index is 0.223. The number of alkyl halides is 3. The Kier molecular flexibility index (Phi) is 5.13. The molecule has 0 spiro atoms. The number of aliphatic hydroxyl groups is 1. The number of hydrogen-bond donors (Lipinski definition) is 2. The summed E-state index contributed by atoms with van der Waals surface area (Å²) in [6.07, 6.45) is -4.73. The van der Waals surface area contributed by atoms with Crippen molar-refractivity contribution in [1.29, 1.82) is 0 Å². The van der Waals surface area contributed by atoms with Gasteiger partial charge in [0.15, 0.2) is 0 Å². The van der Waals surface area contributed by atoms with E-state index in [1.54, 1.807) is 24.3 Å². The van der Waals surface area contributed by atoms with E-state index in [2.05, 4.69) is 10.3 Å². The van der Waals surface area contributed by atoms with Gasteiger partial charge in [0.25, 0.3) is 0 Å². The number of fused-ring (bicyclic) bond motifs is 1. The number of carbonyl (C=O) groups excluding carboxylic acids is 1. The Labute approximate surface area is 151 Å². The molecule has 0 atom stereocenters. The first-order valence-electron chi connectivity index (χ1n) is 7.97. The molecule has 0 aliphatic carbocycles. The fourth-order valence-corrected chi connectivity index (χ4v) is 2.78. The molecule has 27 heavy (non-hydrogen) atoms. The van der Waals surface area contributed by atoms with E-state index >= 15 is 0 Å². The molecule has 5 nitrogen and oxygen atoms in total. The maximum Gasteiger partial charge on any atom is 0.416 e. The monoisotopic (exact) mass is 381 g/mol. The number of halogens is 4. The second-order valence-electron chi connectivity index (χ2n) is 5.84. The Hall–Kier alpha value is -2.94. The predicted octanol–water partition coefficient (Wildman–Crippen LogP) is 3.00. The SMILES string of the molecule is O=C(Cn1c(CO)nc2ccccc21)NCc1ccc(F)cc1C(F)(F)F. The number of nitrogens with zero attached hydrogens (tertiary/aromatic N) is 2. The molecule has 2 aromatic carbocycles. The van der Waals surface area contributed by atoms with Crippen LogP contribution >= 0.6 is 0 Å². The van der Waals surface area contributed by atoms with Gasteiger partial charge in [-0.3, -0.25) is 4.79 Å². The molecule has 9 heteroatoms. The van der Waals surface area contributed by atoms with Crippen LogP contribution in [0.3, 0.4) is 0 Å². The van der Waals surface area contributed by atoms with E-state index in [9.17, 15) is 27.5 Å². The molecular formula is C18H15F4N3O2. The third-order valence-electron chi connectivity index (χ3n) is 4.03. The lowest BCUT2D eigenvalue weighted by Gasteiger charge is -2.14. The molecule has 0 bridgehead atoms. The molecule has 142 valence electrons. The lowest BCUT2D eigenvalue weighted by Crippen LogP contribution is -2.28. The highest BCUT2D eigenvalue weighted by Crippen LogP contribution is 2.32. The van der Waals surface area contributed by atoms with Gasteiger partial charge in [0.1, 0.15) is 24.8 Å². The summed E-state index contributed by atoms with van der Waals surface area (Å²) in [7, 11) is 0. The molecule has 0 fully saturated rings. The summed E-state index contributed by atoms with van der Waals surface area (Å²) >= 11 is 0. The Morgan fingerprint density at radius 2 is 1.93 bits per heavy atom. The van der Waals surface area contributed by atoms with Crippen molar-refractivity contribution in [2.75, 3.05) is 0 Å². The van der Waals surface area contributed by atoms with E-state index < -0.39 is 36.6 Å². The number of imidazole rings is 1. The van der Waals surface area contributed by atoms with Crippen LogP contribution in [0, 0.1) is 5.82 Å². The molecule has 0 aliphatic heterocycles. The van der Waals surface area contributed by atoms with Crippen molar-refractivity contribution in [3.8, 4) is 0 Å². The normalized spacial score (nSPS) is 11.7. The van der Waals surface area contributed by atoms with Gasteiger partial charge in [-0.15, -0.1) is 0 Å². The molecule has 3 aromatic rings. The number of amides is 1. The average Bonchev–Trinajstić information content (AvgIpc) is 2.97. The summed E-state index contributed by atoms with van der Waals surface area (Å²) in [5.74, 6) is -1.30. The highest BCUT2D eigenvalue weighted by atomic mass is 19.4. The first-order valence-corrected chi connectivity index (χ1v) is 7.97. The van der Waals surface area contributed by atoms with Crippen molar-refractivity contribution >= 4 is 16.9 Å². The van der Waals surface area contributed by atoms with E-state index in [1.165, 1.54) is 4.57 Å². The summed E-state index contributed by atoms with van der Waals surface area (Å²) in [6.45, 7) is -1.02. The molecule has 1 heterocycles. The lowest BCUT2D eigenvalue weighted by atomic mass is 10.1. The Morgan fingerprint density at radius 1 is 1.19 bits per heavy atom. The van der Waals surface area contributed by atoms with Gasteiger partial charge < -0.3 is 15.0 Å². The first-order chi connectivity index (χ1) is 12.8.